The number of methoxy groups -OCH3 is 1. The summed E-state index contributed by atoms with van der Waals surface area (Å²) >= 11 is 6.20. The summed E-state index contributed by atoms with van der Waals surface area (Å²) in [5.74, 6) is 0.473. The third-order valence-electron chi connectivity index (χ3n) is 3.42. The van der Waals surface area contributed by atoms with Crippen LogP contribution in [0.5, 0.6) is 11.5 Å². The zero-order valence-electron chi connectivity index (χ0n) is 14.5. The van der Waals surface area contributed by atoms with E-state index in [4.69, 9.17) is 31.1 Å². The molecule has 0 aliphatic carbocycles. The highest BCUT2D eigenvalue weighted by Crippen LogP contribution is 2.36. The number of esters is 1. The average molecular weight is 372 g/mol. The topological polar surface area (TPSA) is 68.5 Å². The van der Waals surface area contributed by atoms with Crippen LogP contribution in [-0.4, -0.2) is 19.7 Å². The number of nitrogens with zero attached hydrogens (tertiary/aromatic N) is 1. The molecule has 0 saturated carbocycles. The number of carbonyl (C=O) groups is 1. The third-order valence-corrected chi connectivity index (χ3v) is 3.70. The Labute approximate surface area is 157 Å². The van der Waals surface area contributed by atoms with Gasteiger partial charge >= 0.3 is 5.97 Å². The van der Waals surface area contributed by atoms with Crippen LogP contribution < -0.4 is 9.47 Å². The molecule has 0 saturated heterocycles. The smallest absolute Gasteiger partial charge is 0.331 e. The van der Waals surface area contributed by atoms with Crippen molar-refractivity contribution in [3.05, 3.63) is 64.2 Å². The molecule has 0 aliphatic rings. The molecular formula is C20H18ClNO4. The summed E-state index contributed by atoms with van der Waals surface area (Å²) in [5.41, 5.74) is 2.04. The van der Waals surface area contributed by atoms with Gasteiger partial charge in [0.1, 0.15) is 6.61 Å². The summed E-state index contributed by atoms with van der Waals surface area (Å²) in [6.07, 6.45) is 2.90. The van der Waals surface area contributed by atoms with Crippen LogP contribution in [0.1, 0.15) is 23.6 Å². The first-order chi connectivity index (χ1) is 12.6. The van der Waals surface area contributed by atoms with E-state index in [0.717, 1.165) is 5.56 Å². The van der Waals surface area contributed by atoms with Crippen molar-refractivity contribution in [2.45, 2.75) is 13.5 Å². The maximum absolute atomic E-state index is 11.9. The second-order valence-corrected chi connectivity index (χ2v) is 5.62. The predicted octanol–water partition coefficient (Wildman–Crippen LogP) is 4.38. The normalized spacial score (nSPS) is 10.4. The number of nitriles is 1. The van der Waals surface area contributed by atoms with E-state index in [1.807, 2.05) is 13.0 Å². The fourth-order valence-electron chi connectivity index (χ4n) is 2.16. The van der Waals surface area contributed by atoms with Crippen LogP contribution in [0.3, 0.4) is 0 Å². The molecule has 0 spiro atoms. The highest BCUT2D eigenvalue weighted by molar-refractivity contribution is 6.32. The first-order valence-corrected chi connectivity index (χ1v) is 8.29. The first kappa shape index (κ1) is 19.4. The van der Waals surface area contributed by atoms with Crippen molar-refractivity contribution in [1.29, 1.82) is 5.26 Å². The molecule has 2 rings (SSSR count). The summed E-state index contributed by atoms with van der Waals surface area (Å²) in [7, 11) is 1.52. The van der Waals surface area contributed by atoms with E-state index in [1.54, 1.807) is 42.5 Å². The van der Waals surface area contributed by atoms with Crippen LogP contribution in [0.25, 0.3) is 6.08 Å². The first-order valence-electron chi connectivity index (χ1n) is 7.91. The van der Waals surface area contributed by atoms with Gasteiger partial charge in [-0.2, -0.15) is 5.26 Å². The molecule has 0 bridgehead atoms. The molecule has 5 nitrogen and oxygen atoms in total. The molecule has 0 unspecified atom stereocenters. The molecule has 0 aromatic heterocycles. The number of ether oxygens (including phenoxy) is 3. The molecule has 0 heterocycles. The van der Waals surface area contributed by atoms with Crippen LogP contribution in [0.2, 0.25) is 5.02 Å². The third kappa shape index (κ3) is 5.27. The van der Waals surface area contributed by atoms with Crippen molar-refractivity contribution < 1.29 is 19.0 Å². The summed E-state index contributed by atoms with van der Waals surface area (Å²) in [6, 6.07) is 12.3. The molecular weight excluding hydrogens is 354 g/mol. The molecule has 0 radical (unpaired) electrons. The van der Waals surface area contributed by atoms with Gasteiger partial charge in [0.05, 0.1) is 30.4 Å². The standard InChI is InChI=1S/C20H18ClNO4/c1-3-25-20-17(21)10-16(11-18(20)24-2)8-9-19(23)26-13-15-6-4-14(12-22)5-7-15/h4-11H,3,13H2,1-2H3/b9-8+. The monoisotopic (exact) mass is 371 g/mol. The fraction of sp³-hybridized carbons (Fsp3) is 0.200. The summed E-state index contributed by atoms with van der Waals surface area (Å²) in [6.45, 7) is 2.45. The lowest BCUT2D eigenvalue weighted by Gasteiger charge is -2.11. The van der Waals surface area contributed by atoms with Crippen LogP contribution in [-0.2, 0) is 16.1 Å². The lowest BCUT2D eigenvalue weighted by molar-refractivity contribution is -0.138. The van der Waals surface area contributed by atoms with Gasteiger partial charge in [-0.25, -0.2) is 4.79 Å². The van der Waals surface area contributed by atoms with Gasteiger partial charge in [0.25, 0.3) is 0 Å². The average Bonchev–Trinajstić information content (AvgIpc) is 2.66. The quantitative estimate of drug-likeness (QED) is 0.533. The van der Waals surface area contributed by atoms with Gasteiger partial charge in [-0.3, -0.25) is 0 Å². The van der Waals surface area contributed by atoms with E-state index in [0.29, 0.717) is 34.3 Å². The fourth-order valence-corrected chi connectivity index (χ4v) is 2.44. The largest absolute Gasteiger partial charge is 0.493 e. The van der Waals surface area contributed by atoms with Gasteiger partial charge in [0.2, 0.25) is 0 Å². The Balaban J connectivity index is 2.00. The van der Waals surface area contributed by atoms with Gasteiger partial charge in [-0.1, -0.05) is 23.7 Å². The Kier molecular flexibility index (Phi) is 7.07. The van der Waals surface area contributed by atoms with E-state index in [9.17, 15) is 4.79 Å². The second kappa shape index (κ2) is 9.50. The minimum atomic E-state index is -0.488. The lowest BCUT2D eigenvalue weighted by atomic mass is 10.1. The van der Waals surface area contributed by atoms with Crippen molar-refractivity contribution in [2.75, 3.05) is 13.7 Å². The summed E-state index contributed by atoms with van der Waals surface area (Å²) in [5, 5.41) is 9.16. The Bertz CT molecular complexity index is 838. The molecule has 2 aromatic carbocycles. The number of carbonyl (C=O) groups excluding carboxylic acids is 1. The van der Waals surface area contributed by atoms with E-state index < -0.39 is 5.97 Å². The maximum Gasteiger partial charge on any atom is 0.331 e. The zero-order valence-corrected chi connectivity index (χ0v) is 15.2. The molecule has 6 heteroatoms. The van der Waals surface area contributed by atoms with Crippen molar-refractivity contribution in [1.82, 2.24) is 0 Å². The van der Waals surface area contributed by atoms with Crippen molar-refractivity contribution in [2.24, 2.45) is 0 Å². The van der Waals surface area contributed by atoms with E-state index >= 15 is 0 Å². The van der Waals surface area contributed by atoms with Gasteiger partial charge < -0.3 is 14.2 Å². The Morgan fingerprint density at radius 1 is 1.27 bits per heavy atom. The van der Waals surface area contributed by atoms with Gasteiger partial charge in [-0.05, 0) is 48.4 Å². The van der Waals surface area contributed by atoms with E-state index in [-0.39, 0.29) is 6.61 Å². The number of benzene rings is 2. The van der Waals surface area contributed by atoms with Crippen LogP contribution >= 0.6 is 11.6 Å². The highest BCUT2D eigenvalue weighted by atomic mass is 35.5. The number of hydrogen-bond donors (Lipinski definition) is 0. The molecule has 134 valence electrons. The molecule has 0 fully saturated rings. The van der Waals surface area contributed by atoms with Gasteiger partial charge in [0.15, 0.2) is 11.5 Å². The maximum atomic E-state index is 11.9. The molecule has 2 aromatic rings. The molecule has 0 atom stereocenters. The van der Waals surface area contributed by atoms with Crippen molar-refractivity contribution >= 4 is 23.6 Å². The van der Waals surface area contributed by atoms with E-state index in [1.165, 1.54) is 13.2 Å². The summed E-state index contributed by atoms with van der Waals surface area (Å²) < 4.78 is 15.9. The van der Waals surface area contributed by atoms with E-state index in [2.05, 4.69) is 0 Å². The van der Waals surface area contributed by atoms with Gasteiger partial charge in [-0.15, -0.1) is 0 Å². The zero-order chi connectivity index (χ0) is 18.9. The van der Waals surface area contributed by atoms with Crippen LogP contribution in [0, 0.1) is 11.3 Å². The molecule has 0 amide bonds. The second-order valence-electron chi connectivity index (χ2n) is 5.22. The number of rotatable bonds is 7. The SMILES string of the molecule is CCOc1c(Cl)cc(/C=C/C(=O)OCc2ccc(C#N)cc2)cc1OC. The number of halogens is 1. The van der Waals surface area contributed by atoms with Gasteiger partial charge in [0, 0.05) is 6.08 Å². The lowest BCUT2D eigenvalue weighted by Crippen LogP contribution is -2.01. The Morgan fingerprint density at radius 3 is 2.62 bits per heavy atom. The van der Waals surface area contributed by atoms with Crippen molar-refractivity contribution in [3.63, 3.8) is 0 Å². The van der Waals surface area contributed by atoms with Crippen LogP contribution in [0.4, 0.5) is 0 Å². The minimum Gasteiger partial charge on any atom is -0.493 e. The highest BCUT2D eigenvalue weighted by Gasteiger charge is 2.10. The number of hydrogen-bond acceptors (Lipinski definition) is 5. The van der Waals surface area contributed by atoms with Crippen LogP contribution in [0.15, 0.2) is 42.5 Å². The molecule has 0 aliphatic heterocycles. The minimum absolute atomic E-state index is 0.127. The Hall–Kier alpha value is -2.97. The summed E-state index contributed by atoms with van der Waals surface area (Å²) in [4.78, 5) is 11.9. The predicted molar refractivity (Wildman–Crippen MR) is 99.2 cm³/mol. The molecule has 26 heavy (non-hydrogen) atoms. The molecule has 0 N–H and O–H groups in total. The Morgan fingerprint density at radius 2 is 2.00 bits per heavy atom. The van der Waals surface area contributed by atoms with Crippen molar-refractivity contribution in [3.8, 4) is 17.6 Å².